The van der Waals surface area contributed by atoms with E-state index < -0.39 is 5.41 Å². The lowest BCUT2D eigenvalue weighted by molar-refractivity contribution is 0.617. The van der Waals surface area contributed by atoms with Crippen LogP contribution in [0.1, 0.15) is 22.3 Å². The van der Waals surface area contributed by atoms with Crippen molar-refractivity contribution in [1.82, 2.24) is 4.98 Å². The lowest BCUT2D eigenvalue weighted by Gasteiger charge is -2.30. The molecule has 0 N–H and O–H groups in total. The predicted octanol–water partition coefficient (Wildman–Crippen LogP) is 5.70. The standard InChI is InChI=1S/C24H13F2N/c25-14-7-9-16-17-10-8-15(26)13-22(17)24(21(16)12-14)19-5-2-1-4-18(19)23-20(24)6-3-11-27-23/h1-13H. The molecule has 3 heteroatoms. The number of benzene rings is 3. The van der Waals surface area contributed by atoms with Gasteiger partial charge in [0.05, 0.1) is 11.1 Å². The van der Waals surface area contributed by atoms with Crippen molar-refractivity contribution in [2.24, 2.45) is 0 Å². The molecule has 3 aromatic carbocycles. The van der Waals surface area contributed by atoms with Crippen molar-refractivity contribution in [3.05, 3.63) is 113 Å². The summed E-state index contributed by atoms with van der Waals surface area (Å²) in [5.74, 6) is -0.590. The third-order valence-electron chi connectivity index (χ3n) is 5.86. The van der Waals surface area contributed by atoms with Crippen LogP contribution in [0.2, 0.25) is 0 Å². The molecule has 128 valence electrons. The topological polar surface area (TPSA) is 12.9 Å². The summed E-state index contributed by atoms with van der Waals surface area (Å²) in [6.45, 7) is 0. The Bertz CT molecular complexity index is 1160. The summed E-state index contributed by atoms with van der Waals surface area (Å²) in [4.78, 5) is 4.62. The van der Waals surface area contributed by atoms with Gasteiger partial charge < -0.3 is 0 Å². The molecule has 6 rings (SSSR count). The number of aromatic nitrogens is 1. The molecule has 1 heterocycles. The average Bonchev–Trinajstić information content (AvgIpc) is 3.14. The fourth-order valence-corrected chi connectivity index (χ4v) is 4.93. The van der Waals surface area contributed by atoms with Crippen LogP contribution in [0.25, 0.3) is 22.4 Å². The molecule has 2 aliphatic rings. The fourth-order valence-electron chi connectivity index (χ4n) is 4.93. The number of nitrogens with zero attached hydrogens (tertiary/aromatic N) is 1. The van der Waals surface area contributed by atoms with Crippen molar-refractivity contribution in [2.75, 3.05) is 0 Å². The molecule has 0 radical (unpaired) electrons. The average molecular weight is 353 g/mol. The number of rotatable bonds is 0. The number of pyridine rings is 1. The largest absolute Gasteiger partial charge is 0.256 e. The highest BCUT2D eigenvalue weighted by molar-refractivity contribution is 5.93. The van der Waals surface area contributed by atoms with Crippen LogP contribution in [0.3, 0.4) is 0 Å². The van der Waals surface area contributed by atoms with E-state index in [9.17, 15) is 8.78 Å². The van der Waals surface area contributed by atoms with E-state index in [-0.39, 0.29) is 11.6 Å². The monoisotopic (exact) mass is 353 g/mol. The van der Waals surface area contributed by atoms with Crippen LogP contribution >= 0.6 is 0 Å². The van der Waals surface area contributed by atoms with E-state index in [1.165, 1.54) is 12.1 Å². The highest BCUT2D eigenvalue weighted by Gasteiger charge is 2.52. The maximum atomic E-state index is 14.4. The van der Waals surface area contributed by atoms with Gasteiger partial charge in [-0.05, 0) is 63.7 Å². The number of hydrogen-bond acceptors (Lipinski definition) is 1. The van der Waals surface area contributed by atoms with Gasteiger partial charge in [-0.3, -0.25) is 4.98 Å². The van der Waals surface area contributed by atoms with Crippen molar-refractivity contribution >= 4 is 0 Å². The van der Waals surface area contributed by atoms with Crippen molar-refractivity contribution in [1.29, 1.82) is 0 Å². The minimum atomic E-state index is -0.741. The number of hydrogen-bond donors (Lipinski definition) is 0. The van der Waals surface area contributed by atoms with Gasteiger partial charge >= 0.3 is 0 Å². The lowest BCUT2D eigenvalue weighted by atomic mass is 9.71. The highest BCUT2D eigenvalue weighted by atomic mass is 19.1. The first-order valence-corrected chi connectivity index (χ1v) is 8.87. The van der Waals surface area contributed by atoms with E-state index in [0.717, 1.165) is 44.6 Å². The molecule has 0 saturated carbocycles. The van der Waals surface area contributed by atoms with Crippen molar-refractivity contribution in [3.8, 4) is 22.4 Å². The Balaban J connectivity index is 1.88. The summed E-state index contributed by atoms with van der Waals surface area (Å²) in [7, 11) is 0. The Labute approximate surface area is 155 Å². The van der Waals surface area contributed by atoms with Crippen LogP contribution in [0, 0.1) is 11.6 Å². The van der Waals surface area contributed by atoms with Gasteiger partial charge in [0.15, 0.2) is 0 Å². The van der Waals surface area contributed by atoms with E-state index in [0.29, 0.717) is 0 Å². The van der Waals surface area contributed by atoms with Gasteiger partial charge in [0.25, 0.3) is 0 Å². The molecule has 27 heavy (non-hydrogen) atoms. The Hall–Kier alpha value is -3.33. The molecule has 1 nitrogen and oxygen atoms in total. The first-order chi connectivity index (χ1) is 13.2. The third kappa shape index (κ3) is 1.65. The normalized spacial score (nSPS) is 14.6. The lowest BCUT2D eigenvalue weighted by Crippen LogP contribution is -2.26. The van der Waals surface area contributed by atoms with Crippen LogP contribution in [0.15, 0.2) is 79.0 Å². The van der Waals surface area contributed by atoms with E-state index in [1.807, 2.05) is 36.4 Å². The SMILES string of the molecule is Fc1ccc2c(c1)C1(c3cc(F)ccc3-2)c2ccccc2-c2ncccc21. The van der Waals surface area contributed by atoms with Gasteiger partial charge in [-0.1, -0.05) is 42.5 Å². The summed E-state index contributed by atoms with van der Waals surface area (Å²) in [5, 5.41) is 0. The number of fused-ring (bicyclic) bond motifs is 10. The summed E-state index contributed by atoms with van der Waals surface area (Å²) >= 11 is 0. The molecule has 0 atom stereocenters. The quantitative estimate of drug-likeness (QED) is 0.341. The maximum Gasteiger partial charge on any atom is 0.123 e. The minimum Gasteiger partial charge on any atom is -0.256 e. The van der Waals surface area contributed by atoms with E-state index in [1.54, 1.807) is 30.5 Å². The maximum absolute atomic E-state index is 14.4. The van der Waals surface area contributed by atoms with Crippen molar-refractivity contribution < 1.29 is 8.78 Å². The number of halogens is 2. The Kier molecular flexibility index (Phi) is 2.68. The van der Waals surface area contributed by atoms with Gasteiger partial charge in [-0.25, -0.2) is 8.78 Å². The zero-order chi connectivity index (χ0) is 18.2. The van der Waals surface area contributed by atoms with Crippen LogP contribution in [0.5, 0.6) is 0 Å². The fraction of sp³-hybridized carbons (Fsp3) is 0.0417. The van der Waals surface area contributed by atoms with Gasteiger partial charge in [0.1, 0.15) is 11.6 Å². The Morgan fingerprint density at radius 2 is 1.22 bits per heavy atom. The summed E-state index contributed by atoms with van der Waals surface area (Å²) in [6, 6.07) is 21.7. The molecular formula is C24H13F2N. The van der Waals surface area contributed by atoms with Crippen molar-refractivity contribution in [3.63, 3.8) is 0 Å². The zero-order valence-electron chi connectivity index (χ0n) is 14.2. The van der Waals surface area contributed by atoms with Crippen LogP contribution in [-0.2, 0) is 5.41 Å². The van der Waals surface area contributed by atoms with Crippen LogP contribution in [0.4, 0.5) is 8.78 Å². The molecule has 1 aromatic heterocycles. The molecule has 2 aliphatic carbocycles. The summed E-state index contributed by atoms with van der Waals surface area (Å²) < 4.78 is 28.7. The summed E-state index contributed by atoms with van der Waals surface area (Å²) in [5.41, 5.74) is 6.73. The molecule has 1 spiro atoms. The van der Waals surface area contributed by atoms with Crippen LogP contribution < -0.4 is 0 Å². The molecule has 0 unspecified atom stereocenters. The second-order valence-corrected chi connectivity index (χ2v) is 7.07. The summed E-state index contributed by atoms with van der Waals surface area (Å²) in [6.07, 6.45) is 1.77. The molecule has 0 fully saturated rings. The second kappa shape index (κ2) is 4.89. The molecule has 0 bridgehead atoms. The molecule has 0 saturated heterocycles. The zero-order valence-corrected chi connectivity index (χ0v) is 14.2. The Morgan fingerprint density at radius 3 is 1.93 bits per heavy atom. The third-order valence-corrected chi connectivity index (χ3v) is 5.86. The van der Waals surface area contributed by atoms with E-state index in [4.69, 9.17) is 0 Å². The Morgan fingerprint density at radius 1 is 0.593 bits per heavy atom. The van der Waals surface area contributed by atoms with Gasteiger partial charge in [0, 0.05) is 11.8 Å². The molecule has 0 aliphatic heterocycles. The molecular weight excluding hydrogens is 340 g/mol. The first kappa shape index (κ1) is 14.8. The second-order valence-electron chi connectivity index (χ2n) is 7.07. The first-order valence-electron chi connectivity index (χ1n) is 8.87. The highest BCUT2D eigenvalue weighted by Crippen LogP contribution is 2.62. The van der Waals surface area contributed by atoms with Gasteiger partial charge in [-0.2, -0.15) is 0 Å². The van der Waals surface area contributed by atoms with E-state index >= 15 is 0 Å². The molecule has 0 amide bonds. The smallest absolute Gasteiger partial charge is 0.123 e. The van der Waals surface area contributed by atoms with Gasteiger partial charge in [-0.15, -0.1) is 0 Å². The van der Waals surface area contributed by atoms with E-state index in [2.05, 4.69) is 4.98 Å². The minimum absolute atomic E-state index is 0.295. The van der Waals surface area contributed by atoms with Gasteiger partial charge in [0.2, 0.25) is 0 Å². The predicted molar refractivity (Wildman–Crippen MR) is 100 cm³/mol. The molecule has 4 aromatic rings. The van der Waals surface area contributed by atoms with Crippen molar-refractivity contribution in [2.45, 2.75) is 5.41 Å². The van der Waals surface area contributed by atoms with Crippen LogP contribution in [-0.4, -0.2) is 4.98 Å².